The molecule has 2 aromatic carbocycles. The first-order valence-corrected chi connectivity index (χ1v) is 11.1. The normalized spacial score (nSPS) is 11.2. The highest BCUT2D eigenvalue weighted by Gasteiger charge is 2.22. The van der Waals surface area contributed by atoms with Gasteiger partial charge in [-0.3, -0.25) is 0 Å². The number of aromatic carboxylic acids is 1. The van der Waals surface area contributed by atoms with Crippen molar-refractivity contribution in [2.24, 2.45) is 0 Å². The molecule has 3 rings (SSSR count). The number of carboxylic acid groups (broad SMARTS) is 1. The van der Waals surface area contributed by atoms with Crippen LogP contribution in [0, 0.1) is 27.7 Å². The standard InChI is InChI=1S/C27H34N2O3/c1-17(2)32-24-11-9-22(10-12-24)14-28-15-25-20(5)29(21(6)26(25)27(30)31)16-23-13-18(3)7-8-19(23)4/h7-13,17,28H,14-16H2,1-6H3,(H,30,31). The Balaban J connectivity index is 1.78. The summed E-state index contributed by atoms with van der Waals surface area (Å²) in [5.41, 5.74) is 7.80. The zero-order valence-corrected chi connectivity index (χ0v) is 20.0. The van der Waals surface area contributed by atoms with Gasteiger partial charge in [0.2, 0.25) is 0 Å². The lowest BCUT2D eigenvalue weighted by Crippen LogP contribution is -2.15. The predicted molar refractivity (Wildman–Crippen MR) is 129 cm³/mol. The fourth-order valence-electron chi connectivity index (χ4n) is 4.12. The van der Waals surface area contributed by atoms with Crippen molar-refractivity contribution >= 4 is 5.97 Å². The van der Waals surface area contributed by atoms with Gasteiger partial charge < -0.3 is 19.7 Å². The van der Waals surface area contributed by atoms with Crippen LogP contribution < -0.4 is 10.1 Å². The van der Waals surface area contributed by atoms with Crippen LogP contribution in [0.3, 0.4) is 0 Å². The van der Waals surface area contributed by atoms with Crippen LogP contribution in [-0.4, -0.2) is 21.7 Å². The fraction of sp³-hybridized carbons (Fsp3) is 0.370. The quantitative estimate of drug-likeness (QED) is 0.464. The molecule has 0 unspecified atom stereocenters. The van der Waals surface area contributed by atoms with Gasteiger partial charge in [-0.2, -0.15) is 0 Å². The summed E-state index contributed by atoms with van der Waals surface area (Å²) in [5.74, 6) is -0.0239. The summed E-state index contributed by atoms with van der Waals surface area (Å²) < 4.78 is 7.82. The zero-order valence-electron chi connectivity index (χ0n) is 20.0. The van der Waals surface area contributed by atoms with Crippen LogP contribution in [0.5, 0.6) is 5.75 Å². The first-order valence-electron chi connectivity index (χ1n) is 11.1. The van der Waals surface area contributed by atoms with Crippen LogP contribution >= 0.6 is 0 Å². The molecule has 5 heteroatoms. The van der Waals surface area contributed by atoms with Gasteiger partial charge in [0.05, 0.1) is 11.7 Å². The zero-order chi connectivity index (χ0) is 23.4. The molecule has 0 saturated carbocycles. The molecule has 0 bridgehead atoms. The second-order valence-corrected chi connectivity index (χ2v) is 8.76. The van der Waals surface area contributed by atoms with Gasteiger partial charge in [-0.25, -0.2) is 4.79 Å². The molecule has 1 heterocycles. The van der Waals surface area contributed by atoms with Gasteiger partial charge in [-0.15, -0.1) is 0 Å². The van der Waals surface area contributed by atoms with E-state index in [1.165, 1.54) is 16.7 Å². The molecule has 3 aromatic rings. The number of carbonyl (C=O) groups is 1. The number of nitrogens with one attached hydrogen (secondary N) is 1. The molecule has 0 aliphatic carbocycles. The Labute approximate surface area is 191 Å². The van der Waals surface area contributed by atoms with Crippen molar-refractivity contribution in [2.75, 3.05) is 0 Å². The molecule has 0 aliphatic rings. The number of carboxylic acids is 1. The fourth-order valence-corrected chi connectivity index (χ4v) is 4.12. The van der Waals surface area contributed by atoms with E-state index in [0.29, 0.717) is 25.2 Å². The summed E-state index contributed by atoms with van der Waals surface area (Å²) in [6.45, 7) is 13.9. The van der Waals surface area contributed by atoms with Crippen molar-refractivity contribution in [3.8, 4) is 5.75 Å². The van der Waals surface area contributed by atoms with Gasteiger partial charge in [-0.1, -0.05) is 35.9 Å². The van der Waals surface area contributed by atoms with Crippen molar-refractivity contribution in [1.29, 1.82) is 0 Å². The Bertz CT molecular complexity index is 1100. The number of ether oxygens (including phenoxy) is 1. The minimum absolute atomic E-state index is 0.146. The van der Waals surface area contributed by atoms with Gasteiger partial charge in [-0.05, 0) is 70.4 Å². The van der Waals surface area contributed by atoms with Crippen molar-refractivity contribution in [2.45, 2.75) is 67.3 Å². The number of rotatable bonds is 9. The third-order valence-electron chi connectivity index (χ3n) is 5.88. The average Bonchev–Trinajstić information content (AvgIpc) is 2.96. The second kappa shape index (κ2) is 10.0. The monoisotopic (exact) mass is 434 g/mol. The van der Waals surface area contributed by atoms with Crippen LogP contribution in [0.4, 0.5) is 0 Å². The smallest absolute Gasteiger partial charge is 0.337 e. The van der Waals surface area contributed by atoms with Gasteiger partial charge in [0.25, 0.3) is 0 Å². The van der Waals surface area contributed by atoms with E-state index in [4.69, 9.17) is 4.74 Å². The lowest BCUT2D eigenvalue weighted by Gasteiger charge is -2.13. The molecule has 0 aliphatic heterocycles. The largest absolute Gasteiger partial charge is 0.491 e. The van der Waals surface area contributed by atoms with Gasteiger partial charge in [0.15, 0.2) is 0 Å². The Kier molecular flexibility index (Phi) is 7.41. The summed E-state index contributed by atoms with van der Waals surface area (Å²) in [5, 5.41) is 13.3. The number of aromatic nitrogens is 1. The van der Waals surface area contributed by atoms with Crippen LogP contribution in [-0.2, 0) is 19.6 Å². The SMILES string of the molecule is Cc1ccc(C)c(Cn2c(C)c(CNCc3ccc(OC(C)C)cc3)c(C(=O)O)c2C)c1. The highest BCUT2D eigenvalue weighted by atomic mass is 16.5. The predicted octanol–water partition coefficient (Wildman–Crippen LogP) is 5.55. The van der Waals surface area contributed by atoms with Crippen LogP contribution in [0.2, 0.25) is 0 Å². The number of hydrogen-bond acceptors (Lipinski definition) is 3. The lowest BCUT2D eigenvalue weighted by molar-refractivity contribution is 0.0694. The van der Waals surface area contributed by atoms with E-state index < -0.39 is 5.97 Å². The third kappa shape index (κ3) is 5.40. The molecule has 1 aromatic heterocycles. The van der Waals surface area contributed by atoms with E-state index in [2.05, 4.69) is 41.9 Å². The number of benzene rings is 2. The molecule has 2 N–H and O–H groups in total. The van der Waals surface area contributed by atoms with Crippen LogP contribution in [0.15, 0.2) is 42.5 Å². The molecule has 5 nitrogen and oxygen atoms in total. The second-order valence-electron chi connectivity index (χ2n) is 8.76. The molecule has 0 atom stereocenters. The van der Waals surface area contributed by atoms with Crippen LogP contribution in [0.25, 0.3) is 0 Å². The molecular weight excluding hydrogens is 400 g/mol. The summed E-state index contributed by atoms with van der Waals surface area (Å²) in [6.07, 6.45) is 0.146. The number of aryl methyl sites for hydroxylation is 2. The van der Waals surface area contributed by atoms with E-state index in [1.54, 1.807) is 0 Å². The van der Waals surface area contributed by atoms with E-state index in [9.17, 15) is 9.90 Å². The van der Waals surface area contributed by atoms with Crippen LogP contribution in [0.1, 0.15) is 63.4 Å². The molecule has 0 spiro atoms. The van der Waals surface area contributed by atoms with E-state index >= 15 is 0 Å². The minimum atomic E-state index is -0.877. The van der Waals surface area contributed by atoms with Crippen molar-refractivity contribution in [3.63, 3.8) is 0 Å². The van der Waals surface area contributed by atoms with Crippen molar-refractivity contribution in [1.82, 2.24) is 9.88 Å². The van der Waals surface area contributed by atoms with E-state index in [1.807, 2.05) is 52.0 Å². The summed E-state index contributed by atoms with van der Waals surface area (Å²) in [7, 11) is 0. The molecular formula is C27H34N2O3. The van der Waals surface area contributed by atoms with Gasteiger partial charge in [0.1, 0.15) is 5.75 Å². The van der Waals surface area contributed by atoms with Gasteiger partial charge in [0, 0.05) is 36.6 Å². The topological polar surface area (TPSA) is 63.5 Å². The maximum atomic E-state index is 12.1. The third-order valence-corrected chi connectivity index (χ3v) is 5.88. The van der Waals surface area contributed by atoms with E-state index in [-0.39, 0.29) is 6.10 Å². The Morgan fingerprint density at radius 3 is 2.31 bits per heavy atom. The molecule has 32 heavy (non-hydrogen) atoms. The minimum Gasteiger partial charge on any atom is -0.491 e. The number of nitrogens with zero attached hydrogens (tertiary/aromatic N) is 1. The van der Waals surface area contributed by atoms with Crippen molar-refractivity contribution < 1.29 is 14.6 Å². The highest BCUT2D eigenvalue weighted by molar-refractivity contribution is 5.91. The molecule has 0 amide bonds. The Morgan fingerprint density at radius 1 is 1.00 bits per heavy atom. The summed E-state index contributed by atoms with van der Waals surface area (Å²) in [6, 6.07) is 14.4. The maximum Gasteiger partial charge on any atom is 0.337 e. The molecule has 170 valence electrons. The average molecular weight is 435 g/mol. The Hall–Kier alpha value is -3.05. The summed E-state index contributed by atoms with van der Waals surface area (Å²) in [4.78, 5) is 12.1. The highest BCUT2D eigenvalue weighted by Crippen LogP contribution is 2.25. The first kappa shape index (κ1) is 23.6. The lowest BCUT2D eigenvalue weighted by atomic mass is 10.1. The maximum absolute atomic E-state index is 12.1. The van der Waals surface area contributed by atoms with Gasteiger partial charge >= 0.3 is 5.97 Å². The van der Waals surface area contributed by atoms with Crippen molar-refractivity contribution in [3.05, 3.63) is 87.2 Å². The Morgan fingerprint density at radius 2 is 1.69 bits per heavy atom. The molecule has 0 saturated heterocycles. The van der Waals surface area contributed by atoms with E-state index in [0.717, 1.165) is 28.3 Å². The molecule has 0 fully saturated rings. The summed E-state index contributed by atoms with van der Waals surface area (Å²) >= 11 is 0. The molecule has 0 radical (unpaired) electrons. The first-order chi connectivity index (χ1) is 15.2. The number of hydrogen-bond donors (Lipinski definition) is 2.